The number of hydrogen-bond donors (Lipinski definition) is 1. The van der Waals surface area contributed by atoms with E-state index in [1.807, 2.05) is 0 Å². The number of ether oxygens (including phenoxy) is 1. The highest BCUT2D eigenvalue weighted by Gasteiger charge is 2.16. The third-order valence-corrected chi connectivity index (χ3v) is 4.34. The molecule has 2 heterocycles. The predicted octanol–water partition coefficient (Wildman–Crippen LogP) is 1.81. The van der Waals surface area contributed by atoms with Crippen LogP contribution in [0.1, 0.15) is 0 Å². The highest BCUT2D eigenvalue weighted by Crippen LogP contribution is 2.21. The van der Waals surface area contributed by atoms with Crippen LogP contribution in [0.15, 0.2) is 64.3 Å². The maximum Gasteiger partial charge on any atom is 0.420 e. The highest BCUT2D eigenvalue weighted by atomic mass is 16.6. The number of benzene rings is 2. The zero-order valence-electron chi connectivity index (χ0n) is 16.0. The first kappa shape index (κ1) is 19.8. The molecule has 0 radical (unpaired) electrons. The number of carbonyl (C=O) groups excluding carboxylic acids is 1. The fraction of sp³-hybridized carbons (Fsp3) is 0.158. The average Bonchev–Trinajstić information content (AvgIpc) is 3.36. The number of nitrogens with one attached hydrogen (secondary N) is 1. The summed E-state index contributed by atoms with van der Waals surface area (Å²) in [6.07, 6.45) is 3.02. The number of rotatable bonds is 8. The summed E-state index contributed by atoms with van der Waals surface area (Å²) in [6, 6.07) is 10.6. The van der Waals surface area contributed by atoms with Crippen LogP contribution in [0.3, 0.4) is 0 Å². The van der Waals surface area contributed by atoms with Crippen LogP contribution in [0, 0.1) is 10.1 Å². The lowest BCUT2D eigenvalue weighted by molar-refractivity contribution is -0.384. The van der Waals surface area contributed by atoms with E-state index in [4.69, 9.17) is 9.15 Å². The zero-order valence-corrected chi connectivity index (χ0v) is 16.0. The van der Waals surface area contributed by atoms with Gasteiger partial charge in [0.25, 0.3) is 5.69 Å². The van der Waals surface area contributed by atoms with E-state index in [1.165, 1.54) is 18.5 Å². The number of nitro benzene ring substituents is 1. The molecule has 2 aromatic heterocycles. The molecule has 0 unspecified atom stereocenters. The lowest BCUT2D eigenvalue weighted by Gasteiger charge is -2.09. The molecule has 0 spiro atoms. The van der Waals surface area contributed by atoms with Crippen molar-refractivity contribution in [2.45, 2.75) is 13.1 Å². The molecular weight excluding hydrogens is 408 g/mol. The molecule has 0 aliphatic heterocycles. The summed E-state index contributed by atoms with van der Waals surface area (Å²) in [7, 11) is 0. The zero-order chi connectivity index (χ0) is 21.8. The van der Waals surface area contributed by atoms with Gasteiger partial charge < -0.3 is 14.5 Å². The number of anilines is 1. The number of amides is 1. The Morgan fingerprint density at radius 3 is 2.90 bits per heavy atom. The van der Waals surface area contributed by atoms with Gasteiger partial charge in [0.05, 0.1) is 23.1 Å². The van der Waals surface area contributed by atoms with Crippen LogP contribution in [0.4, 0.5) is 11.4 Å². The van der Waals surface area contributed by atoms with E-state index < -0.39 is 16.6 Å². The first-order valence-corrected chi connectivity index (χ1v) is 9.12. The maximum absolute atomic E-state index is 12.5. The fourth-order valence-corrected chi connectivity index (χ4v) is 2.93. The van der Waals surface area contributed by atoms with Crippen molar-refractivity contribution in [3.05, 3.63) is 75.8 Å². The molecular formula is C19H16N6O6. The molecule has 0 fully saturated rings. The molecule has 0 aliphatic rings. The summed E-state index contributed by atoms with van der Waals surface area (Å²) in [6.45, 7) is 0.565. The lowest BCUT2D eigenvalue weighted by Crippen LogP contribution is -2.24. The molecule has 4 rings (SSSR count). The Hall–Kier alpha value is -4.48. The number of fused-ring (bicyclic) bond motifs is 1. The first-order valence-electron chi connectivity index (χ1n) is 9.12. The van der Waals surface area contributed by atoms with Gasteiger partial charge in [0.2, 0.25) is 5.91 Å². The number of carbonyl (C=O) groups is 1. The molecule has 2 aromatic carbocycles. The smallest absolute Gasteiger partial charge is 0.420 e. The third-order valence-electron chi connectivity index (χ3n) is 4.34. The van der Waals surface area contributed by atoms with E-state index >= 15 is 0 Å². The Balaban J connectivity index is 1.41. The third kappa shape index (κ3) is 4.58. The molecule has 1 amide bonds. The van der Waals surface area contributed by atoms with Crippen molar-refractivity contribution in [1.29, 1.82) is 0 Å². The monoisotopic (exact) mass is 424 g/mol. The predicted molar refractivity (Wildman–Crippen MR) is 108 cm³/mol. The Labute approximate surface area is 173 Å². The summed E-state index contributed by atoms with van der Waals surface area (Å²) in [5, 5.41) is 17.5. The quantitative estimate of drug-likeness (QED) is 0.333. The van der Waals surface area contributed by atoms with Crippen molar-refractivity contribution >= 4 is 28.4 Å². The van der Waals surface area contributed by atoms with Gasteiger partial charge in [-0.1, -0.05) is 6.07 Å². The fourth-order valence-electron chi connectivity index (χ4n) is 2.93. The van der Waals surface area contributed by atoms with Gasteiger partial charge in [0, 0.05) is 17.8 Å². The molecule has 12 heteroatoms. The van der Waals surface area contributed by atoms with E-state index in [0.717, 1.165) is 10.6 Å². The molecule has 0 bridgehead atoms. The number of oxazole rings is 1. The van der Waals surface area contributed by atoms with Crippen LogP contribution >= 0.6 is 0 Å². The second-order valence-corrected chi connectivity index (χ2v) is 6.45. The summed E-state index contributed by atoms with van der Waals surface area (Å²) in [5.41, 5.74) is 0.601. The number of hydrogen-bond acceptors (Lipinski definition) is 8. The van der Waals surface area contributed by atoms with E-state index in [1.54, 1.807) is 35.3 Å². The lowest BCUT2D eigenvalue weighted by atomic mass is 10.3. The molecule has 0 saturated heterocycles. The van der Waals surface area contributed by atoms with E-state index in [0.29, 0.717) is 24.6 Å². The number of non-ortho nitro benzene ring substituents is 1. The minimum atomic E-state index is -0.782. The van der Waals surface area contributed by atoms with Crippen LogP contribution < -0.4 is 15.8 Å². The standard InChI is InChI=1S/C19H16N6O6/c26-18(10-24-16-5-4-14(25(28)29)9-17(16)31-19(24)27)22-13-2-1-3-15(8-13)30-7-6-23-12-20-11-21-23/h1-5,8-9,11-12H,6-7,10H2,(H,22,26). The summed E-state index contributed by atoms with van der Waals surface area (Å²) in [4.78, 5) is 38.7. The van der Waals surface area contributed by atoms with Crippen LogP contribution in [0.2, 0.25) is 0 Å². The van der Waals surface area contributed by atoms with Crippen LogP contribution in [-0.4, -0.2) is 36.8 Å². The van der Waals surface area contributed by atoms with E-state index in [9.17, 15) is 19.7 Å². The first-order chi connectivity index (χ1) is 15.0. The van der Waals surface area contributed by atoms with Gasteiger partial charge in [-0.2, -0.15) is 5.10 Å². The van der Waals surface area contributed by atoms with Crippen LogP contribution in [-0.2, 0) is 17.9 Å². The second kappa shape index (κ2) is 8.49. The summed E-state index contributed by atoms with van der Waals surface area (Å²) < 4.78 is 13.4. The SMILES string of the molecule is O=C(Cn1c(=O)oc2cc([N+](=O)[O-])ccc21)Nc1cccc(OCCn2cncn2)c1. The molecule has 0 saturated carbocycles. The molecule has 158 valence electrons. The van der Waals surface area contributed by atoms with Gasteiger partial charge in [-0.15, -0.1) is 0 Å². The van der Waals surface area contributed by atoms with Crippen LogP contribution in [0.25, 0.3) is 11.1 Å². The van der Waals surface area contributed by atoms with Gasteiger partial charge in [-0.3, -0.25) is 19.5 Å². The summed E-state index contributed by atoms with van der Waals surface area (Å²) in [5.74, 6) is -0.699. The van der Waals surface area contributed by atoms with Gasteiger partial charge in [0.15, 0.2) is 5.58 Å². The van der Waals surface area contributed by atoms with Gasteiger partial charge in [0.1, 0.15) is 31.6 Å². The van der Waals surface area contributed by atoms with Crippen molar-refractivity contribution < 1.29 is 18.9 Å². The van der Waals surface area contributed by atoms with Crippen molar-refractivity contribution in [3.8, 4) is 5.75 Å². The molecule has 0 atom stereocenters. The Morgan fingerprint density at radius 1 is 1.26 bits per heavy atom. The highest BCUT2D eigenvalue weighted by molar-refractivity contribution is 5.91. The topological polar surface area (TPSA) is 147 Å². The molecule has 0 aliphatic carbocycles. The van der Waals surface area contributed by atoms with Crippen molar-refractivity contribution in [2.75, 3.05) is 11.9 Å². The van der Waals surface area contributed by atoms with Crippen LogP contribution in [0.5, 0.6) is 5.75 Å². The van der Waals surface area contributed by atoms with Crippen molar-refractivity contribution in [2.24, 2.45) is 0 Å². The molecule has 1 N–H and O–H groups in total. The Bertz CT molecular complexity index is 1290. The van der Waals surface area contributed by atoms with Crippen molar-refractivity contribution in [1.82, 2.24) is 19.3 Å². The van der Waals surface area contributed by atoms with E-state index in [2.05, 4.69) is 15.4 Å². The molecule has 4 aromatic rings. The summed E-state index contributed by atoms with van der Waals surface area (Å²) >= 11 is 0. The van der Waals surface area contributed by atoms with E-state index in [-0.39, 0.29) is 23.3 Å². The normalized spacial score (nSPS) is 10.8. The second-order valence-electron chi connectivity index (χ2n) is 6.45. The van der Waals surface area contributed by atoms with Crippen molar-refractivity contribution in [3.63, 3.8) is 0 Å². The number of nitro groups is 1. The van der Waals surface area contributed by atoms with Gasteiger partial charge in [-0.05, 0) is 18.2 Å². The number of aromatic nitrogens is 4. The van der Waals surface area contributed by atoms with Gasteiger partial charge in [-0.25, -0.2) is 14.5 Å². The molecule has 12 nitrogen and oxygen atoms in total. The molecule has 31 heavy (non-hydrogen) atoms. The average molecular weight is 424 g/mol. The Kier molecular flexibility index (Phi) is 5.43. The minimum Gasteiger partial charge on any atom is -0.492 e. The van der Waals surface area contributed by atoms with Gasteiger partial charge >= 0.3 is 5.76 Å². The minimum absolute atomic E-state index is 0.0368. The number of nitrogens with zero attached hydrogens (tertiary/aromatic N) is 5. The largest absolute Gasteiger partial charge is 0.492 e. The maximum atomic E-state index is 12.5. The Morgan fingerprint density at radius 2 is 2.13 bits per heavy atom.